The Labute approximate surface area is 138 Å². The van der Waals surface area contributed by atoms with Crippen LogP contribution in [0, 0.1) is 6.92 Å². The predicted molar refractivity (Wildman–Crippen MR) is 92.8 cm³/mol. The van der Waals surface area contributed by atoms with Gasteiger partial charge in [0.25, 0.3) is 0 Å². The van der Waals surface area contributed by atoms with E-state index in [0.717, 1.165) is 24.7 Å². The summed E-state index contributed by atoms with van der Waals surface area (Å²) in [7, 11) is 0. The number of benzene rings is 1. The number of azo groups is 1. The van der Waals surface area contributed by atoms with Crippen LogP contribution in [0.4, 0.5) is 17.3 Å². The lowest BCUT2D eigenvalue weighted by Crippen LogP contribution is -2.33. The lowest BCUT2D eigenvalue weighted by molar-refractivity contribution is -0.686. The number of nitrogens with zero attached hydrogens (tertiary/aromatic N) is 5. The van der Waals surface area contributed by atoms with E-state index in [1.807, 2.05) is 0 Å². The fourth-order valence-corrected chi connectivity index (χ4v) is 3.21. The largest absolute Gasteiger partial charge is 0.421 e. The highest BCUT2D eigenvalue weighted by atomic mass is 15.3. The Hall–Kier alpha value is -2.17. The molecule has 0 atom stereocenters. The van der Waals surface area contributed by atoms with Crippen molar-refractivity contribution in [2.75, 3.05) is 18.0 Å². The van der Waals surface area contributed by atoms with Gasteiger partial charge in [0.15, 0.2) is 0 Å². The van der Waals surface area contributed by atoms with Crippen LogP contribution < -0.4 is 9.47 Å². The molecule has 0 amide bonds. The molecule has 0 N–H and O–H groups in total. The second kappa shape index (κ2) is 6.94. The van der Waals surface area contributed by atoms with Gasteiger partial charge in [-0.05, 0) is 57.9 Å². The Balaban J connectivity index is 1.80. The van der Waals surface area contributed by atoms with Crippen molar-refractivity contribution < 1.29 is 4.57 Å². The molecule has 0 saturated carbocycles. The summed E-state index contributed by atoms with van der Waals surface area (Å²) < 4.78 is 4.33. The quantitative estimate of drug-likeness (QED) is 0.604. The van der Waals surface area contributed by atoms with Crippen LogP contribution in [0.3, 0.4) is 0 Å². The molecule has 0 aliphatic carbocycles. The summed E-state index contributed by atoms with van der Waals surface area (Å²) >= 11 is 0. The first kappa shape index (κ1) is 15.7. The number of imidazole rings is 1. The fourth-order valence-electron chi connectivity index (χ4n) is 3.21. The van der Waals surface area contributed by atoms with Crippen molar-refractivity contribution in [3.05, 3.63) is 36.2 Å². The van der Waals surface area contributed by atoms with Gasteiger partial charge >= 0.3 is 5.95 Å². The van der Waals surface area contributed by atoms with E-state index in [9.17, 15) is 0 Å². The van der Waals surface area contributed by atoms with Gasteiger partial charge in [0.05, 0.1) is 19.3 Å². The van der Waals surface area contributed by atoms with Gasteiger partial charge in [-0.3, -0.25) is 0 Å². The topological polar surface area (TPSA) is 36.8 Å². The van der Waals surface area contributed by atoms with Gasteiger partial charge in [-0.25, -0.2) is 9.13 Å². The van der Waals surface area contributed by atoms with Crippen LogP contribution in [0.25, 0.3) is 0 Å². The van der Waals surface area contributed by atoms with Crippen molar-refractivity contribution in [2.45, 2.75) is 46.7 Å². The smallest absolute Gasteiger partial charge is 0.372 e. The molecule has 0 radical (unpaired) electrons. The van der Waals surface area contributed by atoms with E-state index in [-0.39, 0.29) is 0 Å². The third kappa shape index (κ3) is 3.28. The maximum atomic E-state index is 4.50. The van der Waals surface area contributed by atoms with E-state index in [1.165, 1.54) is 37.3 Å². The summed E-state index contributed by atoms with van der Waals surface area (Å²) in [5, 5.41) is 8.94. The number of anilines is 1. The zero-order valence-corrected chi connectivity index (χ0v) is 14.4. The third-order valence-electron chi connectivity index (χ3n) is 4.50. The highest BCUT2D eigenvalue weighted by molar-refractivity contribution is 5.53. The van der Waals surface area contributed by atoms with E-state index in [4.69, 9.17) is 0 Å². The molecular weight excluding hydrogens is 286 g/mol. The molecule has 2 heterocycles. The van der Waals surface area contributed by atoms with Crippen LogP contribution in [0.15, 0.2) is 40.7 Å². The molecule has 0 spiro atoms. The van der Waals surface area contributed by atoms with Crippen LogP contribution in [0.5, 0.6) is 0 Å². The highest BCUT2D eigenvalue weighted by Gasteiger charge is 2.18. The lowest BCUT2D eigenvalue weighted by Gasteiger charge is -2.16. The molecule has 1 fully saturated rings. The fraction of sp³-hybridized carbons (Fsp3) is 0.500. The van der Waals surface area contributed by atoms with Crippen LogP contribution in [0.2, 0.25) is 0 Å². The molecule has 23 heavy (non-hydrogen) atoms. The molecule has 1 aromatic carbocycles. The van der Waals surface area contributed by atoms with E-state index in [2.05, 4.69) is 75.5 Å². The van der Waals surface area contributed by atoms with Gasteiger partial charge in [0.1, 0.15) is 11.4 Å². The highest BCUT2D eigenvalue weighted by Crippen LogP contribution is 2.24. The second-order valence-electron chi connectivity index (χ2n) is 6.01. The first-order valence-electron chi connectivity index (χ1n) is 8.59. The molecule has 3 rings (SSSR count). The zero-order chi connectivity index (χ0) is 16.2. The van der Waals surface area contributed by atoms with Crippen molar-refractivity contribution in [1.29, 1.82) is 0 Å². The van der Waals surface area contributed by atoms with E-state index >= 15 is 0 Å². The van der Waals surface area contributed by atoms with Gasteiger partial charge < -0.3 is 4.90 Å². The molecule has 1 aromatic heterocycles. The summed E-state index contributed by atoms with van der Waals surface area (Å²) in [5.74, 6) is 0.913. The summed E-state index contributed by atoms with van der Waals surface area (Å²) in [6.45, 7) is 10.5. The summed E-state index contributed by atoms with van der Waals surface area (Å²) in [6.07, 6.45) is 4.73. The van der Waals surface area contributed by atoms with Gasteiger partial charge in [0.2, 0.25) is 0 Å². The minimum atomic E-state index is 0.899. The molecule has 1 saturated heterocycles. The summed E-state index contributed by atoms with van der Waals surface area (Å²) in [4.78, 5) is 2.43. The summed E-state index contributed by atoms with van der Waals surface area (Å²) in [5.41, 5.74) is 3.41. The Kier molecular flexibility index (Phi) is 4.74. The molecule has 2 aromatic rings. The molecular formula is C18H26N5+. The summed E-state index contributed by atoms with van der Waals surface area (Å²) in [6, 6.07) is 8.41. The first-order valence-corrected chi connectivity index (χ1v) is 8.59. The van der Waals surface area contributed by atoms with Crippen molar-refractivity contribution in [1.82, 2.24) is 4.57 Å². The predicted octanol–water partition coefficient (Wildman–Crippen LogP) is 4.14. The Morgan fingerprint density at radius 2 is 1.74 bits per heavy atom. The average Bonchev–Trinajstić information content (AvgIpc) is 3.21. The van der Waals surface area contributed by atoms with Crippen LogP contribution >= 0.6 is 0 Å². The van der Waals surface area contributed by atoms with Gasteiger partial charge in [-0.1, -0.05) is 5.11 Å². The molecule has 5 nitrogen and oxygen atoms in total. The van der Waals surface area contributed by atoms with Crippen molar-refractivity contribution >= 4 is 17.3 Å². The molecule has 122 valence electrons. The van der Waals surface area contributed by atoms with Crippen LogP contribution in [-0.2, 0) is 13.1 Å². The molecule has 0 unspecified atom stereocenters. The van der Waals surface area contributed by atoms with Gasteiger partial charge in [-0.15, -0.1) is 0 Å². The zero-order valence-electron chi connectivity index (χ0n) is 14.4. The SMILES string of the molecule is CCn1cc(C)[n+](CC)c1/N=N/c1ccc(N2CCCC2)cc1. The number of hydrogen-bond donors (Lipinski definition) is 0. The van der Waals surface area contributed by atoms with Crippen LogP contribution in [0.1, 0.15) is 32.4 Å². The number of rotatable bonds is 5. The Morgan fingerprint density at radius 1 is 1.04 bits per heavy atom. The number of aryl methyl sites for hydroxylation is 2. The van der Waals surface area contributed by atoms with E-state index in [0.29, 0.717) is 0 Å². The van der Waals surface area contributed by atoms with Crippen molar-refractivity contribution in [3.8, 4) is 0 Å². The van der Waals surface area contributed by atoms with E-state index < -0.39 is 0 Å². The molecule has 1 aliphatic heterocycles. The molecule has 0 bridgehead atoms. The number of hydrogen-bond acceptors (Lipinski definition) is 3. The third-order valence-corrected chi connectivity index (χ3v) is 4.50. The maximum absolute atomic E-state index is 4.50. The minimum absolute atomic E-state index is 0.899. The normalized spacial score (nSPS) is 15.0. The van der Waals surface area contributed by atoms with Gasteiger partial charge in [0, 0.05) is 23.9 Å². The van der Waals surface area contributed by atoms with Gasteiger partial charge in [-0.2, -0.15) is 0 Å². The van der Waals surface area contributed by atoms with Crippen LogP contribution in [-0.4, -0.2) is 17.7 Å². The maximum Gasteiger partial charge on any atom is 0.421 e. The Morgan fingerprint density at radius 3 is 2.35 bits per heavy atom. The monoisotopic (exact) mass is 312 g/mol. The average molecular weight is 312 g/mol. The Bertz CT molecular complexity index is 678. The minimum Gasteiger partial charge on any atom is -0.372 e. The standard InChI is InChI=1S/C18H26N5/c1-4-21-14-15(3)23(5-2)18(21)20-19-16-8-10-17(11-9-16)22-12-6-7-13-22/h8-11,14H,4-7,12-13H2,1-3H3/q+1. The molecule has 1 aliphatic rings. The lowest BCUT2D eigenvalue weighted by atomic mass is 10.2. The second-order valence-corrected chi connectivity index (χ2v) is 6.01. The number of aromatic nitrogens is 2. The van der Waals surface area contributed by atoms with Crippen molar-refractivity contribution in [3.63, 3.8) is 0 Å². The molecule has 5 heteroatoms. The first-order chi connectivity index (χ1) is 11.2. The van der Waals surface area contributed by atoms with E-state index in [1.54, 1.807) is 0 Å². The van der Waals surface area contributed by atoms with Crippen molar-refractivity contribution in [2.24, 2.45) is 10.2 Å².